The van der Waals surface area contributed by atoms with E-state index >= 15 is 0 Å². The van der Waals surface area contributed by atoms with E-state index < -0.39 is 0 Å². The fourth-order valence-electron chi connectivity index (χ4n) is 4.34. The predicted octanol–water partition coefficient (Wildman–Crippen LogP) is 4.67. The third kappa shape index (κ3) is 5.40. The molecule has 1 amide bonds. The minimum Gasteiger partial charge on any atom is -0.457 e. The van der Waals surface area contributed by atoms with Crippen LogP contribution in [0.1, 0.15) is 41.6 Å². The summed E-state index contributed by atoms with van der Waals surface area (Å²) in [5.41, 5.74) is 5.51. The van der Waals surface area contributed by atoms with Gasteiger partial charge in [-0.3, -0.25) is 14.8 Å². The minimum atomic E-state index is 0.0267. The molecule has 3 aromatic rings. The highest BCUT2D eigenvalue weighted by Crippen LogP contribution is 2.26. The standard InChI is InChI=1S/C27H28N4O2/c32-26(31-22-10-9-20-5-2-6-21(20)17-22)11-8-19-4-1-7-23(16-19)33-24-12-15-28-25(18-24)27-29-13-3-14-30-27/h1,4,7,9-10,12,15-18H,2-3,5-6,8,11,13-14H2,(H,29,30)(H,31,32). The molecule has 2 aliphatic rings. The second kappa shape index (κ2) is 9.86. The molecule has 0 bridgehead atoms. The number of fused-ring (bicyclic) bond motifs is 1. The normalized spacial score (nSPS) is 14.7. The van der Waals surface area contributed by atoms with Crippen molar-refractivity contribution in [3.05, 3.63) is 83.2 Å². The maximum Gasteiger partial charge on any atom is 0.224 e. The first kappa shape index (κ1) is 21.2. The van der Waals surface area contributed by atoms with E-state index in [4.69, 9.17) is 4.74 Å². The number of aryl methyl sites for hydroxylation is 3. The summed E-state index contributed by atoms with van der Waals surface area (Å²) in [5.74, 6) is 2.29. The lowest BCUT2D eigenvalue weighted by atomic mass is 10.1. The number of aromatic nitrogens is 1. The number of pyridine rings is 1. The van der Waals surface area contributed by atoms with E-state index in [0.29, 0.717) is 18.6 Å². The topological polar surface area (TPSA) is 75.6 Å². The zero-order chi connectivity index (χ0) is 22.5. The SMILES string of the molecule is O=C(CCc1cccc(Oc2ccnc(C3=NCCCN3)c2)c1)Nc1ccc2c(c1)CCC2. The van der Waals surface area contributed by atoms with Crippen LogP contribution in [0, 0.1) is 0 Å². The third-order valence-electron chi connectivity index (χ3n) is 6.03. The zero-order valence-electron chi connectivity index (χ0n) is 18.6. The Bertz CT molecular complexity index is 1190. The number of nitrogens with one attached hydrogen (secondary N) is 2. The average Bonchev–Trinajstić information content (AvgIpc) is 3.32. The first-order chi connectivity index (χ1) is 16.2. The van der Waals surface area contributed by atoms with Crippen molar-refractivity contribution in [3.63, 3.8) is 0 Å². The molecule has 1 aliphatic carbocycles. The van der Waals surface area contributed by atoms with Gasteiger partial charge in [0.05, 0.1) is 0 Å². The number of carbonyl (C=O) groups excluding carboxylic acids is 1. The van der Waals surface area contributed by atoms with Crippen LogP contribution in [0.15, 0.2) is 65.8 Å². The molecular weight excluding hydrogens is 412 g/mol. The number of benzene rings is 2. The van der Waals surface area contributed by atoms with E-state index in [2.05, 4.69) is 32.7 Å². The van der Waals surface area contributed by atoms with Crippen molar-refractivity contribution >= 4 is 17.4 Å². The summed E-state index contributed by atoms with van der Waals surface area (Å²) < 4.78 is 6.07. The molecule has 0 saturated heterocycles. The number of aliphatic imine (C=N–C) groups is 1. The maximum absolute atomic E-state index is 12.5. The van der Waals surface area contributed by atoms with Crippen LogP contribution in [-0.4, -0.2) is 29.8 Å². The molecule has 0 saturated carbocycles. The van der Waals surface area contributed by atoms with Gasteiger partial charge in [0.1, 0.15) is 23.0 Å². The highest BCUT2D eigenvalue weighted by Gasteiger charge is 2.13. The number of rotatable bonds is 7. The molecule has 1 aromatic heterocycles. The van der Waals surface area contributed by atoms with E-state index in [1.54, 1.807) is 6.20 Å². The van der Waals surface area contributed by atoms with Gasteiger partial charge < -0.3 is 15.4 Å². The van der Waals surface area contributed by atoms with Crippen molar-refractivity contribution in [1.82, 2.24) is 10.3 Å². The van der Waals surface area contributed by atoms with E-state index in [-0.39, 0.29) is 5.91 Å². The lowest BCUT2D eigenvalue weighted by molar-refractivity contribution is -0.116. The number of hydrogen-bond acceptors (Lipinski definition) is 5. The maximum atomic E-state index is 12.5. The first-order valence-electron chi connectivity index (χ1n) is 11.7. The molecule has 2 heterocycles. The van der Waals surface area contributed by atoms with Crippen molar-refractivity contribution in [2.75, 3.05) is 18.4 Å². The Hall–Kier alpha value is -3.67. The molecule has 0 radical (unpaired) electrons. The Balaban J connectivity index is 1.18. The number of nitrogens with zero attached hydrogens (tertiary/aromatic N) is 2. The summed E-state index contributed by atoms with van der Waals surface area (Å²) in [6, 6.07) is 17.9. The van der Waals surface area contributed by atoms with Crippen LogP contribution in [0.4, 0.5) is 5.69 Å². The van der Waals surface area contributed by atoms with Crippen molar-refractivity contribution in [2.24, 2.45) is 4.99 Å². The quantitative estimate of drug-likeness (QED) is 0.560. The van der Waals surface area contributed by atoms with Crippen molar-refractivity contribution in [2.45, 2.75) is 38.5 Å². The van der Waals surface area contributed by atoms with Crippen molar-refractivity contribution in [3.8, 4) is 11.5 Å². The van der Waals surface area contributed by atoms with Gasteiger partial charge >= 0.3 is 0 Å². The highest BCUT2D eigenvalue weighted by atomic mass is 16.5. The Labute approximate surface area is 194 Å². The molecule has 0 atom stereocenters. The van der Waals surface area contributed by atoms with E-state index in [9.17, 15) is 4.79 Å². The van der Waals surface area contributed by atoms with Gasteiger partial charge in [0.15, 0.2) is 0 Å². The van der Waals surface area contributed by atoms with Gasteiger partial charge in [0.2, 0.25) is 5.91 Å². The van der Waals surface area contributed by atoms with E-state index in [1.165, 1.54) is 17.5 Å². The van der Waals surface area contributed by atoms with Crippen molar-refractivity contribution in [1.29, 1.82) is 0 Å². The molecule has 1 aliphatic heterocycles. The zero-order valence-corrected chi connectivity index (χ0v) is 18.6. The highest BCUT2D eigenvalue weighted by molar-refractivity contribution is 5.97. The Morgan fingerprint density at radius 3 is 2.82 bits per heavy atom. The van der Waals surface area contributed by atoms with Gasteiger partial charge in [-0.15, -0.1) is 0 Å². The lowest BCUT2D eigenvalue weighted by Gasteiger charge is -2.14. The minimum absolute atomic E-state index is 0.0267. The molecule has 0 spiro atoms. The molecule has 0 unspecified atom stereocenters. The van der Waals surface area contributed by atoms with Gasteiger partial charge in [-0.2, -0.15) is 0 Å². The third-order valence-corrected chi connectivity index (χ3v) is 6.03. The predicted molar refractivity (Wildman–Crippen MR) is 130 cm³/mol. The summed E-state index contributed by atoms with van der Waals surface area (Å²) in [4.78, 5) is 21.4. The van der Waals surface area contributed by atoms with Crippen LogP contribution in [0.2, 0.25) is 0 Å². The van der Waals surface area contributed by atoms with Gasteiger partial charge in [-0.1, -0.05) is 18.2 Å². The summed E-state index contributed by atoms with van der Waals surface area (Å²) in [5, 5.41) is 6.33. The summed E-state index contributed by atoms with van der Waals surface area (Å²) >= 11 is 0. The Morgan fingerprint density at radius 1 is 1.00 bits per heavy atom. The van der Waals surface area contributed by atoms with Gasteiger partial charge in [-0.05, 0) is 79.1 Å². The number of ether oxygens (including phenoxy) is 1. The van der Waals surface area contributed by atoms with Crippen LogP contribution in [0.5, 0.6) is 11.5 Å². The van der Waals surface area contributed by atoms with Crippen LogP contribution >= 0.6 is 0 Å². The molecular formula is C27H28N4O2. The molecule has 2 N–H and O–H groups in total. The first-order valence-corrected chi connectivity index (χ1v) is 11.7. The largest absolute Gasteiger partial charge is 0.457 e. The lowest BCUT2D eigenvalue weighted by Crippen LogP contribution is -2.30. The fraction of sp³-hybridized carbons (Fsp3) is 0.296. The average molecular weight is 441 g/mol. The number of anilines is 1. The summed E-state index contributed by atoms with van der Waals surface area (Å²) in [6.07, 6.45) is 7.30. The molecule has 0 fully saturated rings. The summed E-state index contributed by atoms with van der Waals surface area (Å²) in [7, 11) is 0. The van der Waals surface area contributed by atoms with Crippen molar-refractivity contribution < 1.29 is 9.53 Å². The second-order valence-electron chi connectivity index (χ2n) is 8.52. The smallest absolute Gasteiger partial charge is 0.224 e. The molecule has 6 nitrogen and oxygen atoms in total. The Kier molecular flexibility index (Phi) is 6.33. The van der Waals surface area contributed by atoms with Gasteiger partial charge in [-0.25, -0.2) is 0 Å². The number of hydrogen-bond donors (Lipinski definition) is 2. The summed E-state index contributed by atoms with van der Waals surface area (Å²) in [6.45, 7) is 1.73. The molecule has 2 aromatic carbocycles. The molecule has 168 valence electrons. The van der Waals surface area contributed by atoms with Crippen LogP contribution in [0.25, 0.3) is 0 Å². The monoisotopic (exact) mass is 440 g/mol. The molecule has 5 rings (SSSR count). The van der Waals surface area contributed by atoms with E-state index in [1.807, 2.05) is 42.5 Å². The van der Waals surface area contributed by atoms with Gasteiger partial charge in [0.25, 0.3) is 0 Å². The molecule has 6 heteroatoms. The number of carbonyl (C=O) groups is 1. The fourth-order valence-corrected chi connectivity index (χ4v) is 4.34. The van der Waals surface area contributed by atoms with Crippen LogP contribution in [-0.2, 0) is 24.1 Å². The second-order valence-corrected chi connectivity index (χ2v) is 8.52. The molecule has 33 heavy (non-hydrogen) atoms. The number of amidine groups is 1. The Morgan fingerprint density at radius 2 is 1.91 bits per heavy atom. The van der Waals surface area contributed by atoms with Crippen LogP contribution < -0.4 is 15.4 Å². The van der Waals surface area contributed by atoms with E-state index in [0.717, 1.165) is 60.9 Å². The number of amides is 1. The van der Waals surface area contributed by atoms with Crippen LogP contribution in [0.3, 0.4) is 0 Å². The van der Waals surface area contributed by atoms with Gasteiger partial charge in [0, 0.05) is 37.5 Å².